The molecule has 3 saturated heterocycles. The number of nitrogens with zero attached hydrogens (tertiary/aromatic N) is 1. The van der Waals surface area contributed by atoms with E-state index in [1.165, 1.54) is 12.0 Å². The Kier molecular flexibility index (Phi) is 6.43. The summed E-state index contributed by atoms with van der Waals surface area (Å²) in [4.78, 5) is 27.5. The summed E-state index contributed by atoms with van der Waals surface area (Å²) in [5.41, 5.74) is 0.337. The molecule has 0 spiro atoms. The van der Waals surface area contributed by atoms with Crippen LogP contribution in [0.5, 0.6) is 0 Å². The summed E-state index contributed by atoms with van der Waals surface area (Å²) in [5.74, 6) is -1.29. The van der Waals surface area contributed by atoms with Crippen LogP contribution in [-0.2, 0) is 39.8 Å². The third-order valence-electron chi connectivity index (χ3n) is 6.04. The predicted molar refractivity (Wildman–Crippen MR) is 116 cm³/mol. The average Bonchev–Trinajstić information content (AvgIpc) is 3.36. The monoisotopic (exact) mass is 463 g/mol. The molecule has 0 unspecified atom stereocenters. The maximum atomic E-state index is 13.2. The normalized spacial score (nSPS) is 33.2. The lowest BCUT2D eigenvalue weighted by atomic mass is 9.93. The molecular formula is C24H33NO8. The second kappa shape index (κ2) is 8.87. The summed E-state index contributed by atoms with van der Waals surface area (Å²) < 4.78 is 34.7. The van der Waals surface area contributed by atoms with Gasteiger partial charge in [-0.25, -0.2) is 9.59 Å². The van der Waals surface area contributed by atoms with Crippen LogP contribution in [0.1, 0.15) is 46.6 Å². The molecule has 9 nitrogen and oxygen atoms in total. The smallest absolute Gasteiger partial charge is 0.413 e. The van der Waals surface area contributed by atoms with E-state index < -0.39 is 60.1 Å². The van der Waals surface area contributed by atoms with E-state index >= 15 is 0 Å². The standard InChI is InChI=1S/C24H33NO8/c1-23(2,3)21-25(22(27)29-13-14-10-8-7-9-11-14)15(19(26)31-21)12-16-17-18(20(28-6)30-16)33-24(4,5)32-17/h7-11,15-18,20-21H,12-13H2,1-6H3/t15-,16-,17-,18-,20-,21+/m1/s1. The van der Waals surface area contributed by atoms with Gasteiger partial charge in [0.05, 0.1) is 6.10 Å². The highest BCUT2D eigenvalue weighted by Gasteiger charge is 2.58. The van der Waals surface area contributed by atoms with Crippen LogP contribution in [-0.4, -0.2) is 66.7 Å². The molecule has 0 aromatic heterocycles. The van der Waals surface area contributed by atoms with Crippen molar-refractivity contribution in [1.29, 1.82) is 0 Å². The van der Waals surface area contributed by atoms with Crippen LogP contribution in [0.4, 0.5) is 4.79 Å². The number of hydrogen-bond acceptors (Lipinski definition) is 8. The van der Waals surface area contributed by atoms with Crippen molar-refractivity contribution < 1.29 is 38.0 Å². The third-order valence-corrected chi connectivity index (χ3v) is 6.04. The molecule has 0 saturated carbocycles. The summed E-state index contributed by atoms with van der Waals surface area (Å²) in [5, 5.41) is 0. The van der Waals surface area contributed by atoms with Gasteiger partial charge in [-0.2, -0.15) is 0 Å². The lowest BCUT2D eigenvalue weighted by molar-refractivity contribution is -0.228. The second-order valence-corrected chi connectivity index (χ2v) is 10.2. The number of cyclic esters (lactones) is 1. The molecule has 1 aromatic rings. The van der Waals surface area contributed by atoms with E-state index in [2.05, 4.69) is 0 Å². The Bertz CT molecular complexity index is 867. The molecule has 3 fully saturated rings. The Morgan fingerprint density at radius 2 is 1.79 bits per heavy atom. The van der Waals surface area contributed by atoms with E-state index in [4.69, 9.17) is 28.4 Å². The van der Waals surface area contributed by atoms with E-state index in [9.17, 15) is 9.59 Å². The molecule has 182 valence electrons. The van der Waals surface area contributed by atoms with Gasteiger partial charge < -0.3 is 28.4 Å². The summed E-state index contributed by atoms with van der Waals surface area (Å²) in [6.45, 7) is 9.46. The SMILES string of the molecule is CO[C@@H]1O[C@H](C[C@@H]2C(=O)O[C@@H](C(C)(C)C)N2C(=O)OCc2ccccc2)[C@H]2OC(C)(C)O[C@@H]12. The van der Waals surface area contributed by atoms with Crippen molar-refractivity contribution in [2.75, 3.05) is 7.11 Å². The van der Waals surface area contributed by atoms with Gasteiger partial charge >= 0.3 is 12.1 Å². The molecule has 3 aliphatic heterocycles. The Hall–Kier alpha value is -2.20. The van der Waals surface area contributed by atoms with Gasteiger partial charge in [-0.1, -0.05) is 51.1 Å². The first-order valence-corrected chi connectivity index (χ1v) is 11.2. The number of hydrogen-bond donors (Lipinski definition) is 0. The van der Waals surface area contributed by atoms with Crippen LogP contribution in [0, 0.1) is 5.41 Å². The highest BCUT2D eigenvalue weighted by atomic mass is 16.8. The van der Waals surface area contributed by atoms with Crippen molar-refractivity contribution in [2.24, 2.45) is 5.41 Å². The molecule has 3 aliphatic rings. The minimum absolute atomic E-state index is 0.0927. The largest absolute Gasteiger partial charge is 0.444 e. The topological polar surface area (TPSA) is 92.8 Å². The molecule has 0 bridgehead atoms. The predicted octanol–water partition coefficient (Wildman–Crippen LogP) is 3.20. The molecule has 9 heteroatoms. The third kappa shape index (κ3) is 4.87. The van der Waals surface area contributed by atoms with Crippen molar-refractivity contribution in [3.05, 3.63) is 35.9 Å². The van der Waals surface area contributed by atoms with Gasteiger partial charge in [-0.05, 0) is 19.4 Å². The van der Waals surface area contributed by atoms with E-state index in [1.807, 2.05) is 65.0 Å². The van der Waals surface area contributed by atoms with Gasteiger partial charge in [0.1, 0.15) is 24.9 Å². The lowest BCUT2D eigenvalue weighted by Gasteiger charge is -2.34. The molecule has 1 amide bonds. The van der Waals surface area contributed by atoms with Gasteiger partial charge in [0.25, 0.3) is 0 Å². The summed E-state index contributed by atoms with van der Waals surface area (Å²) in [6.07, 6.45) is -3.23. The molecule has 6 atom stereocenters. The van der Waals surface area contributed by atoms with Gasteiger partial charge in [-0.3, -0.25) is 4.90 Å². The average molecular weight is 464 g/mol. The molecule has 0 aliphatic carbocycles. The quantitative estimate of drug-likeness (QED) is 0.615. The zero-order valence-electron chi connectivity index (χ0n) is 20.0. The first-order chi connectivity index (χ1) is 15.5. The Labute approximate surface area is 194 Å². The van der Waals surface area contributed by atoms with Crippen molar-refractivity contribution in [3.8, 4) is 0 Å². The van der Waals surface area contributed by atoms with Crippen molar-refractivity contribution in [2.45, 2.75) is 90.3 Å². The number of carbonyl (C=O) groups is 2. The maximum absolute atomic E-state index is 13.2. The number of carbonyl (C=O) groups excluding carboxylic acids is 2. The number of benzene rings is 1. The summed E-state index contributed by atoms with van der Waals surface area (Å²) in [6, 6.07) is 8.49. The fourth-order valence-corrected chi connectivity index (χ4v) is 4.58. The van der Waals surface area contributed by atoms with Crippen molar-refractivity contribution in [3.63, 3.8) is 0 Å². The van der Waals surface area contributed by atoms with Crippen LogP contribution >= 0.6 is 0 Å². The zero-order chi connectivity index (χ0) is 24.0. The van der Waals surface area contributed by atoms with Gasteiger partial charge in [0, 0.05) is 18.9 Å². The molecule has 3 heterocycles. The molecule has 4 rings (SSSR count). The molecule has 1 aromatic carbocycles. The minimum Gasteiger partial charge on any atom is -0.444 e. The number of fused-ring (bicyclic) bond motifs is 1. The van der Waals surface area contributed by atoms with Crippen LogP contribution < -0.4 is 0 Å². The van der Waals surface area contributed by atoms with Gasteiger partial charge in [0.15, 0.2) is 18.3 Å². The first kappa shape index (κ1) is 23.9. The maximum Gasteiger partial charge on any atom is 0.413 e. The summed E-state index contributed by atoms with van der Waals surface area (Å²) in [7, 11) is 1.53. The highest BCUT2D eigenvalue weighted by molar-refractivity contribution is 5.84. The Morgan fingerprint density at radius 1 is 1.12 bits per heavy atom. The van der Waals surface area contributed by atoms with E-state index in [-0.39, 0.29) is 13.0 Å². The van der Waals surface area contributed by atoms with E-state index in [0.717, 1.165) is 5.56 Å². The van der Waals surface area contributed by atoms with Crippen molar-refractivity contribution >= 4 is 12.1 Å². The number of amides is 1. The fraction of sp³-hybridized carbons (Fsp3) is 0.667. The van der Waals surface area contributed by atoms with E-state index in [0.29, 0.717) is 0 Å². The van der Waals surface area contributed by atoms with E-state index in [1.54, 1.807) is 0 Å². The Balaban J connectivity index is 1.53. The molecular weight excluding hydrogens is 430 g/mol. The van der Waals surface area contributed by atoms with Crippen LogP contribution in [0.25, 0.3) is 0 Å². The lowest BCUT2D eigenvalue weighted by Crippen LogP contribution is -2.49. The van der Waals surface area contributed by atoms with Crippen LogP contribution in [0.3, 0.4) is 0 Å². The Morgan fingerprint density at radius 3 is 2.42 bits per heavy atom. The van der Waals surface area contributed by atoms with Crippen molar-refractivity contribution in [1.82, 2.24) is 4.90 Å². The molecule has 33 heavy (non-hydrogen) atoms. The number of methoxy groups -OCH3 is 1. The number of ether oxygens (including phenoxy) is 6. The number of rotatable bonds is 5. The summed E-state index contributed by atoms with van der Waals surface area (Å²) >= 11 is 0. The van der Waals surface area contributed by atoms with Crippen LogP contribution in [0.15, 0.2) is 30.3 Å². The molecule has 0 N–H and O–H groups in total. The van der Waals surface area contributed by atoms with Crippen LogP contribution in [0.2, 0.25) is 0 Å². The zero-order valence-corrected chi connectivity index (χ0v) is 20.0. The fourth-order valence-electron chi connectivity index (χ4n) is 4.58. The molecule has 0 radical (unpaired) electrons. The second-order valence-electron chi connectivity index (χ2n) is 10.2. The first-order valence-electron chi connectivity index (χ1n) is 11.2. The van der Waals surface area contributed by atoms with Gasteiger partial charge in [0.2, 0.25) is 0 Å². The number of esters is 1. The highest BCUT2D eigenvalue weighted by Crippen LogP contribution is 2.42. The van der Waals surface area contributed by atoms with Gasteiger partial charge in [-0.15, -0.1) is 0 Å². The minimum atomic E-state index is -0.883.